The molecule has 130 valence electrons. The molecule has 1 N–H and O–H groups in total. The summed E-state index contributed by atoms with van der Waals surface area (Å²) in [4.78, 5) is 4.16. The summed E-state index contributed by atoms with van der Waals surface area (Å²) in [6.07, 6.45) is 0.0233. The summed E-state index contributed by atoms with van der Waals surface area (Å²) in [7, 11) is 6.15. The first kappa shape index (κ1) is 18.7. The fraction of sp³-hybridized carbons (Fsp3) is 0.353. The van der Waals surface area contributed by atoms with Gasteiger partial charge in [0, 0.05) is 31.5 Å². The normalized spacial score (nSPS) is 12.3. The number of pyridine rings is 1. The van der Waals surface area contributed by atoms with Crippen molar-refractivity contribution >= 4 is 15.9 Å². The highest BCUT2D eigenvalue weighted by Gasteiger charge is 2.24. The third-order valence-electron chi connectivity index (χ3n) is 3.63. The molecule has 1 heterocycles. The van der Waals surface area contributed by atoms with Gasteiger partial charge < -0.3 is 24.1 Å². The number of halogens is 1. The smallest absolute Gasteiger partial charge is 0.183 e. The maximum atomic E-state index is 10.8. The molecule has 6 nitrogen and oxygen atoms in total. The van der Waals surface area contributed by atoms with Crippen molar-refractivity contribution in [3.05, 3.63) is 51.8 Å². The summed E-state index contributed by atoms with van der Waals surface area (Å²) < 4.78 is 22.1. The highest BCUT2D eigenvalue weighted by atomic mass is 79.9. The molecule has 0 amide bonds. The molecule has 1 atom stereocenters. The topological polar surface area (TPSA) is 70.0 Å². The number of benzene rings is 1. The van der Waals surface area contributed by atoms with Gasteiger partial charge in [0.25, 0.3) is 0 Å². The lowest BCUT2D eigenvalue weighted by Gasteiger charge is -2.23. The largest absolute Gasteiger partial charge is 0.493 e. The average molecular weight is 398 g/mol. The predicted octanol–water partition coefficient (Wildman–Crippen LogP) is 3.23. The molecule has 0 aliphatic heterocycles. The van der Waals surface area contributed by atoms with Crippen LogP contribution in [0.2, 0.25) is 0 Å². The second kappa shape index (κ2) is 8.43. The van der Waals surface area contributed by atoms with Gasteiger partial charge in [-0.15, -0.1) is 0 Å². The number of nitrogens with zero attached hydrogens (tertiary/aromatic N) is 1. The molecule has 0 fully saturated rings. The number of aliphatic hydroxyl groups excluding tert-OH is 1. The second-order valence-corrected chi connectivity index (χ2v) is 5.77. The Morgan fingerprint density at radius 3 is 2.00 bits per heavy atom. The van der Waals surface area contributed by atoms with Crippen molar-refractivity contribution in [3.8, 4) is 11.5 Å². The highest BCUT2D eigenvalue weighted by molar-refractivity contribution is 9.10. The van der Waals surface area contributed by atoms with Crippen LogP contribution in [0.1, 0.15) is 29.1 Å². The lowest BCUT2D eigenvalue weighted by Crippen LogP contribution is -2.12. The number of methoxy groups -OCH3 is 4. The van der Waals surface area contributed by atoms with Gasteiger partial charge in [-0.25, -0.2) is 4.98 Å². The monoisotopic (exact) mass is 397 g/mol. The van der Waals surface area contributed by atoms with E-state index in [1.807, 2.05) is 0 Å². The van der Waals surface area contributed by atoms with Crippen molar-refractivity contribution in [3.63, 3.8) is 0 Å². The first-order chi connectivity index (χ1) is 11.5. The minimum atomic E-state index is -0.923. The molecule has 1 aromatic heterocycles. The van der Waals surface area contributed by atoms with Crippen LogP contribution in [0.5, 0.6) is 11.5 Å². The Labute approximate surface area is 149 Å². The standard InChI is InChI=1S/C17H20BrNO5/c1-21-13-7-11(16(20)10-5-6-15(18)19-9-10)12(8-14(13)22-2)17(23-3)24-4/h5-9,16-17,20H,1-4H3. The molecule has 0 aliphatic rings. The zero-order valence-corrected chi connectivity index (χ0v) is 15.5. The van der Waals surface area contributed by atoms with Gasteiger partial charge >= 0.3 is 0 Å². The van der Waals surface area contributed by atoms with Gasteiger partial charge in [0.2, 0.25) is 0 Å². The lowest BCUT2D eigenvalue weighted by atomic mass is 9.96. The number of hydrogen-bond acceptors (Lipinski definition) is 6. The maximum Gasteiger partial charge on any atom is 0.183 e. The zero-order chi connectivity index (χ0) is 17.7. The highest BCUT2D eigenvalue weighted by Crippen LogP contribution is 2.38. The van der Waals surface area contributed by atoms with E-state index in [0.717, 1.165) is 0 Å². The molecule has 0 bridgehead atoms. The number of hydrogen-bond donors (Lipinski definition) is 1. The van der Waals surface area contributed by atoms with E-state index in [-0.39, 0.29) is 0 Å². The lowest BCUT2D eigenvalue weighted by molar-refractivity contribution is -0.107. The van der Waals surface area contributed by atoms with E-state index in [1.165, 1.54) is 14.2 Å². The van der Waals surface area contributed by atoms with Gasteiger partial charge in [0.1, 0.15) is 10.7 Å². The quantitative estimate of drug-likeness (QED) is 0.571. The summed E-state index contributed by atoms with van der Waals surface area (Å²) in [5.74, 6) is 1.03. The molecule has 0 saturated carbocycles. The van der Waals surface area contributed by atoms with E-state index >= 15 is 0 Å². The second-order valence-electron chi connectivity index (χ2n) is 4.96. The molecular formula is C17H20BrNO5. The SMILES string of the molecule is COc1cc(C(OC)OC)c(C(O)c2ccc(Br)nc2)cc1OC. The van der Waals surface area contributed by atoms with Crippen molar-refractivity contribution in [1.29, 1.82) is 0 Å². The van der Waals surface area contributed by atoms with Gasteiger partial charge in [0.05, 0.1) is 14.2 Å². The van der Waals surface area contributed by atoms with Crippen LogP contribution < -0.4 is 9.47 Å². The summed E-state index contributed by atoms with van der Waals surface area (Å²) in [5.41, 5.74) is 1.87. The average Bonchev–Trinajstić information content (AvgIpc) is 2.62. The summed E-state index contributed by atoms with van der Waals surface area (Å²) in [6.45, 7) is 0. The van der Waals surface area contributed by atoms with Crippen LogP contribution >= 0.6 is 15.9 Å². The predicted molar refractivity (Wildman–Crippen MR) is 92.3 cm³/mol. The van der Waals surface area contributed by atoms with Crippen LogP contribution in [-0.2, 0) is 9.47 Å². The minimum Gasteiger partial charge on any atom is -0.493 e. The maximum absolute atomic E-state index is 10.8. The Hall–Kier alpha value is -1.67. The van der Waals surface area contributed by atoms with E-state index < -0.39 is 12.4 Å². The molecule has 0 saturated heterocycles. The minimum absolute atomic E-state index is 0.506. The van der Waals surface area contributed by atoms with Crippen molar-refractivity contribution in [2.45, 2.75) is 12.4 Å². The molecule has 7 heteroatoms. The summed E-state index contributed by atoms with van der Waals surface area (Å²) in [6, 6.07) is 7.01. The third kappa shape index (κ3) is 3.87. The Balaban J connectivity index is 2.58. The van der Waals surface area contributed by atoms with Gasteiger partial charge in [-0.1, -0.05) is 6.07 Å². The molecule has 0 spiro atoms. The first-order valence-electron chi connectivity index (χ1n) is 7.16. The number of ether oxygens (including phenoxy) is 4. The Kier molecular flexibility index (Phi) is 6.56. The van der Waals surface area contributed by atoms with E-state index in [2.05, 4.69) is 20.9 Å². The molecule has 1 unspecified atom stereocenters. The van der Waals surface area contributed by atoms with Gasteiger partial charge in [-0.3, -0.25) is 0 Å². The van der Waals surface area contributed by atoms with E-state index in [4.69, 9.17) is 18.9 Å². The Bertz CT molecular complexity index is 673. The van der Waals surface area contributed by atoms with Crippen molar-refractivity contribution < 1.29 is 24.1 Å². The third-order valence-corrected chi connectivity index (χ3v) is 4.10. The van der Waals surface area contributed by atoms with Gasteiger partial charge in [0.15, 0.2) is 17.8 Å². The van der Waals surface area contributed by atoms with E-state index in [9.17, 15) is 5.11 Å². The molecule has 2 aromatic rings. The molecule has 0 radical (unpaired) electrons. The van der Waals surface area contributed by atoms with Crippen LogP contribution in [0.4, 0.5) is 0 Å². The van der Waals surface area contributed by atoms with Crippen LogP contribution in [0.15, 0.2) is 35.1 Å². The van der Waals surface area contributed by atoms with Crippen molar-refractivity contribution in [1.82, 2.24) is 4.98 Å². The summed E-state index contributed by atoms with van der Waals surface area (Å²) in [5, 5.41) is 10.8. The van der Waals surface area contributed by atoms with Gasteiger partial charge in [-0.2, -0.15) is 0 Å². The molecule has 2 rings (SSSR count). The Morgan fingerprint density at radius 1 is 0.958 bits per heavy atom. The first-order valence-corrected chi connectivity index (χ1v) is 7.95. The number of aliphatic hydroxyl groups is 1. The Morgan fingerprint density at radius 2 is 1.54 bits per heavy atom. The van der Waals surface area contributed by atoms with Gasteiger partial charge in [-0.05, 0) is 39.7 Å². The van der Waals surface area contributed by atoms with Crippen LogP contribution in [0.25, 0.3) is 0 Å². The van der Waals surface area contributed by atoms with Crippen molar-refractivity contribution in [2.75, 3.05) is 28.4 Å². The molecule has 0 aliphatic carbocycles. The fourth-order valence-electron chi connectivity index (χ4n) is 2.43. The molecule has 1 aromatic carbocycles. The molecular weight excluding hydrogens is 378 g/mol. The van der Waals surface area contributed by atoms with Crippen LogP contribution in [-0.4, -0.2) is 38.5 Å². The van der Waals surface area contributed by atoms with Crippen molar-refractivity contribution in [2.24, 2.45) is 0 Å². The zero-order valence-electron chi connectivity index (χ0n) is 13.9. The fourth-order valence-corrected chi connectivity index (χ4v) is 2.66. The summed E-state index contributed by atoms with van der Waals surface area (Å²) >= 11 is 3.28. The number of aromatic nitrogens is 1. The van der Waals surface area contributed by atoms with E-state index in [1.54, 1.807) is 44.7 Å². The number of rotatable bonds is 7. The van der Waals surface area contributed by atoms with E-state index in [0.29, 0.717) is 32.8 Å². The molecule has 24 heavy (non-hydrogen) atoms. The van der Waals surface area contributed by atoms with Crippen LogP contribution in [0, 0.1) is 0 Å². The van der Waals surface area contributed by atoms with Crippen LogP contribution in [0.3, 0.4) is 0 Å².